The number of anilines is 1. The van der Waals surface area contributed by atoms with E-state index < -0.39 is 6.10 Å². The van der Waals surface area contributed by atoms with Crippen LogP contribution in [0.25, 0.3) is 0 Å². The molecule has 1 aromatic rings. The Bertz CT molecular complexity index is 836. The van der Waals surface area contributed by atoms with E-state index in [1.165, 1.54) is 11.1 Å². The van der Waals surface area contributed by atoms with E-state index in [1.807, 2.05) is 17.0 Å². The molecule has 26 heavy (non-hydrogen) atoms. The summed E-state index contributed by atoms with van der Waals surface area (Å²) in [6.45, 7) is 1.96. The highest BCUT2D eigenvalue weighted by Crippen LogP contribution is 2.64. The van der Waals surface area contributed by atoms with Gasteiger partial charge in [0.05, 0.1) is 25.2 Å². The molecule has 3 saturated heterocycles. The lowest BCUT2D eigenvalue weighted by Gasteiger charge is -2.58. The fraction of sp³-hybridized carbons (Fsp3) is 0.571. The first-order valence-electron chi connectivity index (χ1n) is 9.80. The lowest BCUT2D eigenvalue weighted by molar-refractivity contribution is -0.129. The largest absolute Gasteiger partial charge is 0.392 e. The number of nitrogens with zero attached hydrogens (tertiary/aromatic N) is 2. The number of aliphatic hydroxyl groups excluding tert-OH is 2. The Morgan fingerprint density at radius 3 is 3.00 bits per heavy atom. The lowest BCUT2D eigenvalue weighted by Crippen LogP contribution is -2.69. The number of piperidine rings is 2. The van der Waals surface area contributed by atoms with Crippen LogP contribution in [-0.4, -0.2) is 58.9 Å². The molecule has 6 atom stereocenters. The number of carbonyl (C=O) groups is 1. The second-order valence-electron chi connectivity index (χ2n) is 8.65. The third-order valence-corrected chi connectivity index (χ3v) is 7.94. The third-order valence-electron chi connectivity index (χ3n) is 7.94. The highest BCUT2D eigenvalue weighted by molar-refractivity contribution is 5.99. The van der Waals surface area contributed by atoms with Crippen LogP contribution >= 0.6 is 0 Å². The number of carbonyl (C=O) groups excluding carboxylic acids is 1. The summed E-state index contributed by atoms with van der Waals surface area (Å²) in [6.07, 6.45) is 3.64. The second kappa shape index (κ2) is 4.97. The zero-order valence-corrected chi connectivity index (χ0v) is 14.7. The molecule has 1 saturated carbocycles. The molecule has 6 rings (SSSR count). The van der Waals surface area contributed by atoms with Crippen LogP contribution in [0.1, 0.15) is 24.8 Å². The summed E-state index contributed by atoms with van der Waals surface area (Å²) >= 11 is 0. The molecule has 4 aliphatic heterocycles. The van der Waals surface area contributed by atoms with Gasteiger partial charge >= 0.3 is 0 Å². The van der Waals surface area contributed by atoms with Gasteiger partial charge in [0.1, 0.15) is 0 Å². The molecule has 2 N–H and O–H groups in total. The van der Waals surface area contributed by atoms with Gasteiger partial charge in [0, 0.05) is 29.6 Å². The Morgan fingerprint density at radius 1 is 1.31 bits per heavy atom. The summed E-state index contributed by atoms with van der Waals surface area (Å²) in [6, 6.07) is 8.90. The van der Waals surface area contributed by atoms with Crippen molar-refractivity contribution in [1.29, 1.82) is 0 Å². The summed E-state index contributed by atoms with van der Waals surface area (Å²) in [5, 5.41) is 20.5. The summed E-state index contributed by atoms with van der Waals surface area (Å²) in [7, 11) is 0. The predicted octanol–water partition coefficient (Wildman–Crippen LogP) is 1.05. The number of amides is 1. The molecular weight excluding hydrogens is 328 g/mol. The van der Waals surface area contributed by atoms with Crippen LogP contribution in [0.2, 0.25) is 0 Å². The van der Waals surface area contributed by atoms with Crippen LogP contribution in [0, 0.1) is 11.8 Å². The van der Waals surface area contributed by atoms with Crippen molar-refractivity contribution in [2.45, 2.75) is 42.9 Å². The topological polar surface area (TPSA) is 64.0 Å². The molecule has 0 radical (unpaired) electrons. The molecule has 4 fully saturated rings. The Balaban J connectivity index is 1.61. The van der Waals surface area contributed by atoms with E-state index in [-0.39, 0.29) is 42.2 Å². The average molecular weight is 352 g/mol. The van der Waals surface area contributed by atoms with E-state index in [9.17, 15) is 15.0 Å². The third kappa shape index (κ3) is 1.57. The van der Waals surface area contributed by atoms with Crippen molar-refractivity contribution < 1.29 is 15.0 Å². The van der Waals surface area contributed by atoms with Gasteiger partial charge in [0.15, 0.2) is 0 Å². The second-order valence-corrected chi connectivity index (χ2v) is 8.65. The van der Waals surface area contributed by atoms with Gasteiger partial charge in [0.2, 0.25) is 5.91 Å². The van der Waals surface area contributed by atoms with E-state index in [0.717, 1.165) is 31.6 Å². The first kappa shape index (κ1) is 15.4. The molecule has 6 unspecified atom stereocenters. The molecule has 5 nitrogen and oxygen atoms in total. The van der Waals surface area contributed by atoms with Crippen molar-refractivity contribution >= 4 is 11.6 Å². The maximum atomic E-state index is 13.0. The van der Waals surface area contributed by atoms with Crippen molar-refractivity contribution in [3.05, 3.63) is 41.5 Å². The lowest BCUT2D eigenvalue weighted by atomic mass is 9.53. The Morgan fingerprint density at radius 2 is 2.15 bits per heavy atom. The number of benzene rings is 1. The maximum Gasteiger partial charge on any atom is 0.229 e. The Kier molecular flexibility index (Phi) is 2.94. The van der Waals surface area contributed by atoms with E-state index in [1.54, 1.807) is 0 Å². The number of hydrogen-bond donors (Lipinski definition) is 2. The highest BCUT2D eigenvalue weighted by Gasteiger charge is 2.70. The minimum atomic E-state index is -0.588. The first-order chi connectivity index (χ1) is 12.7. The number of para-hydroxylation sites is 1. The normalized spacial score (nSPS) is 44.4. The van der Waals surface area contributed by atoms with Crippen molar-refractivity contribution in [1.82, 2.24) is 4.90 Å². The fourth-order valence-electron chi connectivity index (χ4n) is 7.20. The monoisotopic (exact) mass is 352 g/mol. The standard InChI is InChI=1S/C21H24N2O3/c24-8-5-12-11-22-7-6-21-14-3-1-2-4-15(14)23-18(26)10-16(25)19(20(21)23)13(12)9-17(21)22/h1-5,13,16-17,19-20,24-25H,6-11H2. The summed E-state index contributed by atoms with van der Waals surface area (Å²) in [5.74, 6) is 0.392. The van der Waals surface area contributed by atoms with Crippen molar-refractivity contribution in [3.63, 3.8) is 0 Å². The van der Waals surface area contributed by atoms with E-state index in [2.05, 4.69) is 23.1 Å². The number of rotatable bonds is 1. The minimum Gasteiger partial charge on any atom is -0.392 e. The van der Waals surface area contributed by atoms with Crippen LogP contribution in [0.5, 0.6) is 0 Å². The number of aliphatic hydroxyl groups is 2. The minimum absolute atomic E-state index is 0.0421. The van der Waals surface area contributed by atoms with Gasteiger partial charge in [-0.25, -0.2) is 0 Å². The van der Waals surface area contributed by atoms with Gasteiger partial charge in [-0.2, -0.15) is 0 Å². The zero-order valence-electron chi connectivity index (χ0n) is 14.7. The summed E-state index contributed by atoms with van der Waals surface area (Å²) < 4.78 is 0. The van der Waals surface area contributed by atoms with Gasteiger partial charge in [-0.15, -0.1) is 0 Å². The number of hydrogen-bond acceptors (Lipinski definition) is 4. The van der Waals surface area contributed by atoms with Crippen LogP contribution in [0.3, 0.4) is 0 Å². The first-order valence-corrected chi connectivity index (χ1v) is 9.80. The zero-order chi connectivity index (χ0) is 17.6. The maximum absolute atomic E-state index is 13.0. The van der Waals surface area contributed by atoms with Crippen LogP contribution < -0.4 is 4.90 Å². The molecule has 5 heteroatoms. The highest BCUT2D eigenvalue weighted by atomic mass is 16.3. The fourth-order valence-corrected chi connectivity index (χ4v) is 7.20. The molecule has 1 amide bonds. The van der Waals surface area contributed by atoms with E-state index in [4.69, 9.17) is 0 Å². The van der Waals surface area contributed by atoms with Crippen LogP contribution in [-0.2, 0) is 10.2 Å². The molecule has 5 aliphatic rings. The molecule has 2 bridgehead atoms. The van der Waals surface area contributed by atoms with Crippen LogP contribution in [0.15, 0.2) is 35.9 Å². The molecule has 1 spiro atoms. The predicted molar refractivity (Wildman–Crippen MR) is 96.8 cm³/mol. The molecule has 1 aromatic carbocycles. The van der Waals surface area contributed by atoms with Gasteiger partial charge in [0.25, 0.3) is 0 Å². The van der Waals surface area contributed by atoms with Crippen LogP contribution in [0.4, 0.5) is 5.69 Å². The van der Waals surface area contributed by atoms with Crippen molar-refractivity contribution in [3.8, 4) is 0 Å². The Labute approximate surface area is 152 Å². The molecule has 0 aromatic heterocycles. The van der Waals surface area contributed by atoms with E-state index >= 15 is 0 Å². The summed E-state index contributed by atoms with van der Waals surface area (Å²) in [4.78, 5) is 17.6. The van der Waals surface area contributed by atoms with E-state index in [0.29, 0.717) is 6.04 Å². The molecule has 1 aliphatic carbocycles. The quantitative estimate of drug-likeness (QED) is 0.742. The summed E-state index contributed by atoms with van der Waals surface area (Å²) in [5.41, 5.74) is 3.60. The van der Waals surface area contributed by atoms with Gasteiger partial charge in [-0.05, 0) is 36.9 Å². The van der Waals surface area contributed by atoms with Gasteiger partial charge < -0.3 is 15.1 Å². The van der Waals surface area contributed by atoms with Gasteiger partial charge in [-0.3, -0.25) is 9.69 Å². The van der Waals surface area contributed by atoms with Gasteiger partial charge in [-0.1, -0.05) is 29.8 Å². The molecular formula is C21H24N2O3. The number of fused-ring (bicyclic) bond motifs is 4. The van der Waals surface area contributed by atoms with Crippen molar-refractivity contribution in [2.24, 2.45) is 11.8 Å². The molecule has 136 valence electrons. The molecule has 4 heterocycles. The smallest absolute Gasteiger partial charge is 0.229 e. The van der Waals surface area contributed by atoms with Crippen molar-refractivity contribution in [2.75, 3.05) is 24.6 Å². The SMILES string of the molecule is O=C1CC(O)C2C3CC4N(CCC45c4ccccc4N1C25)CC3=CCO. The average Bonchev–Trinajstić information content (AvgIpc) is 3.17. The Hall–Kier alpha value is -1.69.